The fourth-order valence-corrected chi connectivity index (χ4v) is 2.40. The van der Waals surface area contributed by atoms with Crippen LogP contribution in [0.4, 0.5) is 0 Å². The van der Waals surface area contributed by atoms with E-state index in [-0.39, 0.29) is 11.8 Å². The van der Waals surface area contributed by atoms with Gasteiger partial charge in [0.2, 0.25) is 11.8 Å². The molecule has 0 aromatic carbocycles. The van der Waals surface area contributed by atoms with Gasteiger partial charge in [-0.15, -0.1) is 0 Å². The third-order valence-corrected chi connectivity index (χ3v) is 3.84. The molecule has 0 rings (SSSR count). The monoisotopic (exact) mass is 371 g/mol. The summed E-state index contributed by atoms with van der Waals surface area (Å²) in [5, 5.41) is 21.6. The summed E-state index contributed by atoms with van der Waals surface area (Å²) in [5.74, 6) is -0.520. The van der Waals surface area contributed by atoms with Crippen molar-refractivity contribution in [3.63, 3.8) is 0 Å². The number of aliphatic hydroxyl groups excluding tert-OH is 1. The molecule has 0 aromatic heterocycles. The Balaban J connectivity index is 4.54. The fourth-order valence-electron chi connectivity index (χ4n) is 2.40. The molecule has 3 atom stereocenters. The van der Waals surface area contributed by atoms with E-state index in [0.29, 0.717) is 32.5 Å². The van der Waals surface area contributed by atoms with Gasteiger partial charge in [-0.25, -0.2) is 0 Å². The standard InChI is InChI=1S/C18H37N5O3/c1-5-20-17(25)14(4)22-18(26)15(9-6-7-11-19)23-16(24)10-8-12-21-13(2)3/h14-16,21,23-24H,2,5-12,19H2,1,3-4H3,(H,20,25)(H,22,26). The molecule has 0 aliphatic rings. The number of hydrogen-bond donors (Lipinski definition) is 6. The molecule has 0 bridgehead atoms. The number of likely N-dealkylation sites (N-methyl/N-ethyl adjacent to an activating group) is 1. The van der Waals surface area contributed by atoms with Crippen molar-refractivity contribution in [3.05, 3.63) is 12.3 Å². The fraction of sp³-hybridized carbons (Fsp3) is 0.778. The van der Waals surface area contributed by atoms with Crippen LogP contribution in [0.2, 0.25) is 0 Å². The second kappa shape index (κ2) is 14.5. The quantitative estimate of drug-likeness (QED) is 0.177. The largest absolute Gasteiger partial charge is 0.389 e. The normalized spacial score (nSPS) is 14.2. The highest BCUT2D eigenvalue weighted by Gasteiger charge is 2.24. The first kappa shape index (κ1) is 24.4. The van der Waals surface area contributed by atoms with Gasteiger partial charge in [0, 0.05) is 18.8 Å². The van der Waals surface area contributed by atoms with Gasteiger partial charge in [0.05, 0.1) is 6.04 Å². The molecule has 8 nitrogen and oxygen atoms in total. The first-order chi connectivity index (χ1) is 12.3. The summed E-state index contributed by atoms with van der Waals surface area (Å²) in [5.41, 5.74) is 6.39. The lowest BCUT2D eigenvalue weighted by Crippen LogP contribution is -2.53. The maximum absolute atomic E-state index is 12.5. The van der Waals surface area contributed by atoms with Crippen molar-refractivity contribution in [2.75, 3.05) is 19.6 Å². The predicted octanol–water partition coefficient (Wildman–Crippen LogP) is -0.0638. The zero-order valence-electron chi connectivity index (χ0n) is 16.4. The lowest BCUT2D eigenvalue weighted by molar-refractivity contribution is -0.130. The van der Waals surface area contributed by atoms with E-state index in [4.69, 9.17) is 5.73 Å². The van der Waals surface area contributed by atoms with Gasteiger partial charge in [-0.2, -0.15) is 0 Å². The maximum atomic E-state index is 12.5. The Morgan fingerprint density at radius 3 is 2.38 bits per heavy atom. The third kappa shape index (κ3) is 11.8. The van der Waals surface area contributed by atoms with Gasteiger partial charge in [-0.05, 0) is 53.0 Å². The van der Waals surface area contributed by atoms with Crippen molar-refractivity contribution in [1.82, 2.24) is 21.3 Å². The molecule has 0 radical (unpaired) electrons. The molecule has 0 aliphatic heterocycles. The van der Waals surface area contributed by atoms with Crippen LogP contribution in [0.3, 0.4) is 0 Å². The van der Waals surface area contributed by atoms with Gasteiger partial charge in [0.15, 0.2) is 0 Å². The number of allylic oxidation sites excluding steroid dienone is 1. The molecular weight excluding hydrogens is 334 g/mol. The molecule has 0 heterocycles. The minimum absolute atomic E-state index is 0.229. The first-order valence-corrected chi connectivity index (χ1v) is 9.43. The van der Waals surface area contributed by atoms with Crippen LogP contribution in [0.15, 0.2) is 12.3 Å². The number of hydrogen-bond acceptors (Lipinski definition) is 6. The van der Waals surface area contributed by atoms with Crippen LogP contribution in [0.25, 0.3) is 0 Å². The maximum Gasteiger partial charge on any atom is 0.242 e. The molecule has 0 saturated heterocycles. The second-order valence-corrected chi connectivity index (χ2v) is 6.49. The van der Waals surface area contributed by atoms with Crippen molar-refractivity contribution in [3.8, 4) is 0 Å². The van der Waals surface area contributed by atoms with E-state index in [1.807, 2.05) is 13.8 Å². The lowest BCUT2D eigenvalue weighted by Gasteiger charge is -2.24. The zero-order valence-corrected chi connectivity index (χ0v) is 16.4. The molecule has 0 aliphatic carbocycles. The van der Waals surface area contributed by atoms with Crippen molar-refractivity contribution in [1.29, 1.82) is 0 Å². The average molecular weight is 372 g/mol. The van der Waals surface area contributed by atoms with Crippen molar-refractivity contribution >= 4 is 11.8 Å². The summed E-state index contributed by atoms with van der Waals surface area (Å²) >= 11 is 0. The SMILES string of the molecule is C=C(C)NCCCC(O)NC(CCCCN)C(=O)NC(C)C(=O)NCC. The Morgan fingerprint density at radius 2 is 1.81 bits per heavy atom. The number of nitrogens with two attached hydrogens (primary N) is 1. The highest BCUT2D eigenvalue weighted by Crippen LogP contribution is 2.05. The van der Waals surface area contributed by atoms with E-state index in [0.717, 1.165) is 25.0 Å². The summed E-state index contributed by atoms with van der Waals surface area (Å²) in [6.07, 6.45) is 2.57. The highest BCUT2D eigenvalue weighted by molar-refractivity contribution is 5.89. The summed E-state index contributed by atoms with van der Waals surface area (Å²) in [4.78, 5) is 24.3. The molecule has 0 saturated carbocycles. The number of carbonyl (C=O) groups is 2. The zero-order chi connectivity index (χ0) is 19.9. The van der Waals surface area contributed by atoms with Gasteiger partial charge >= 0.3 is 0 Å². The Morgan fingerprint density at radius 1 is 1.12 bits per heavy atom. The number of amides is 2. The molecule has 26 heavy (non-hydrogen) atoms. The third-order valence-electron chi connectivity index (χ3n) is 3.84. The summed E-state index contributed by atoms with van der Waals surface area (Å²) in [6, 6.07) is -1.19. The van der Waals surface area contributed by atoms with E-state index in [2.05, 4.69) is 27.8 Å². The van der Waals surface area contributed by atoms with Gasteiger partial charge in [0.25, 0.3) is 0 Å². The summed E-state index contributed by atoms with van der Waals surface area (Å²) in [7, 11) is 0. The van der Waals surface area contributed by atoms with E-state index in [1.54, 1.807) is 6.92 Å². The minimum Gasteiger partial charge on any atom is -0.389 e. The molecule has 8 heteroatoms. The van der Waals surface area contributed by atoms with E-state index < -0.39 is 18.3 Å². The van der Waals surface area contributed by atoms with Crippen LogP contribution < -0.4 is 27.0 Å². The van der Waals surface area contributed by atoms with Crippen LogP contribution in [0, 0.1) is 0 Å². The molecule has 0 aromatic rings. The molecule has 7 N–H and O–H groups in total. The second-order valence-electron chi connectivity index (χ2n) is 6.49. The van der Waals surface area contributed by atoms with Crippen molar-refractivity contribution in [2.24, 2.45) is 5.73 Å². The van der Waals surface area contributed by atoms with Crippen LogP contribution in [0.5, 0.6) is 0 Å². The number of unbranched alkanes of at least 4 members (excludes halogenated alkanes) is 1. The summed E-state index contributed by atoms with van der Waals surface area (Å²) < 4.78 is 0. The number of nitrogens with one attached hydrogen (secondary N) is 4. The van der Waals surface area contributed by atoms with E-state index in [1.165, 1.54) is 0 Å². The highest BCUT2D eigenvalue weighted by atomic mass is 16.3. The topological polar surface area (TPSA) is 129 Å². The van der Waals surface area contributed by atoms with Crippen LogP contribution in [-0.4, -0.2) is 54.9 Å². The predicted molar refractivity (Wildman–Crippen MR) is 104 cm³/mol. The van der Waals surface area contributed by atoms with Crippen molar-refractivity contribution in [2.45, 2.75) is 71.2 Å². The molecular formula is C18H37N5O3. The van der Waals surface area contributed by atoms with Crippen LogP contribution in [0.1, 0.15) is 52.9 Å². The van der Waals surface area contributed by atoms with Gasteiger partial charge < -0.3 is 26.8 Å². The Labute approximate surface area is 157 Å². The smallest absolute Gasteiger partial charge is 0.242 e. The van der Waals surface area contributed by atoms with E-state index >= 15 is 0 Å². The molecule has 0 spiro atoms. The van der Waals surface area contributed by atoms with E-state index in [9.17, 15) is 14.7 Å². The van der Waals surface area contributed by atoms with Crippen LogP contribution in [-0.2, 0) is 9.59 Å². The van der Waals surface area contributed by atoms with Gasteiger partial charge in [-0.3, -0.25) is 14.9 Å². The Kier molecular flexibility index (Phi) is 13.6. The Bertz CT molecular complexity index is 431. The van der Waals surface area contributed by atoms with Crippen molar-refractivity contribution < 1.29 is 14.7 Å². The minimum atomic E-state index is -0.796. The number of aliphatic hydroxyl groups is 1. The molecule has 2 amide bonds. The molecule has 152 valence electrons. The van der Waals surface area contributed by atoms with Crippen LogP contribution >= 0.6 is 0 Å². The first-order valence-electron chi connectivity index (χ1n) is 9.43. The molecule has 3 unspecified atom stereocenters. The van der Waals surface area contributed by atoms with Gasteiger partial charge in [0.1, 0.15) is 12.3 Å². The molecule has 0 fully saturated rings. The summed E-state index contributed by atoms with van der Waals surface area (Å²) in [6.45, 7) is 10.9. The number of carbonyl (C=O) groups excluding carboxylic acids is 2. The van der Waals surface area contributed by atoms with Gasteiger partial charge in [-0.1, -0.05) is 13.0 Å². The Hall–Kier alpha value is -1.64. The number of rotatable bonds is 15. The average Bonchev–Trinajstić information content (AvgIpc) is 2.57. The lowest BCUT2D eigenvalue weighted by atomic mass is 10.1.